The van der Waals surface area contributed by atoms with E-state index in [1.807, 2.05) is 6.92 Å². The van der Waals surface area contributed by atoms with E-state index < -0.39 is 29.7 Å². The van der Waals surface area contributed by atoms with Gasteiger partial charge in [-0.1, -0.05) is 13.3 Å². The van der Waals surface area contributed by atoms with E-state index in [0.29, 0.717) is 6.42 Å². The first-order valence-electron chi connectivity index (χ1n) is 7.43. The van der Waals surface area contributed by atoms with Gasteiger partial charge < -0.3 is 15.2 Å². The zero-order valence-corrected chi connectivity index (χ0v) is 12.4. The van der Waals surface area contributed by atoms with Crippen LogP contribution < -0.4 is 16.6 Å². The minimum absolute atomic E-state index is 0.0812. The van der Waals surface area contributed by atoms with Gasteiger partial charge in [0.05, 0.1) is 6.10 Å². The molecule has 1 aromatic heterocycles. The first kappa shape index (κ1) is 16.4. The lowest BCUT2D eigenvalue weighted by Gasteiger charge is -2.16. The van der Waals surface area contributed by atoms with Crippen molar-refractivity contribution in [3.8, 4) is 0 Å². The Bertz CT molecular complexity index is 623. The quantitative estimate of drug-likeness (QED) is 0.655. The Morgan fingerprint density at radius 3 is 3.00 bits per heavy atom. The van der Waals surface area contributed by atoms with E-state index in [1.165, 1.54) is 16.8 Å². The van der Waals surface area contributed by atoms with Gasteiger partial charge in [-0.2, -0.15) is 0 Å². The number of aliphatic hydroxyl groups excluding tert-OH is 1. The monoisotopic (exact) mass is 311 g/mol. The van der Waals surface area contributed by atoms with Gasteiger partial charge in [0, 0.05) is 31.6 Å². The Balaban J connectivity index is 1.93. The van der Waals surface area contributed by atoms with E-state index >= 15 is 0 Å². The minimum atomic E-state index is -0.782. The summed E-state index contributed by atoms with van der Waals surface area (Å²) in [5.74, 6) is -0.0812. The fourth-order valence-corrected chi connectivity index (χ4v) is 2.36. The summed E-state index contributed by atoms with van der Waals surface area (Å²) in [5.41, 5.74) is -1.07. The van der Waals surface area contributed by atoms with Gasteiger partial charge in [-0.15, -0.1) is 0 Å². The van der Waals surface area contributed by atoms with Gasteiger partial charge in [0.1, 0.15) is 12.3 Å². The minimum Gasteiger partial charge on any atom is -0.390 e. The topological polar surface area (TPSA) is 113 Å². The summed E-state index contributed by atoms with van der Waals surface area (Å²) in [5, 5.41) is 12.7. The fraction of sp³-hybridized carbons (Fsp3) is 0.643. The molecule has 2 rings (SSSR count). The maximum absolute atomic E-state index is 11.7. The van der Waals surface area contributed by atoms with E-state index in [9.17, 15) is 19.5 Å². The largest absolute Gasteiger partial charge is 0.390 e. The van der Waals surface area contributed by atoms with Gasteiger partial charge in [0.25, 0.3) is 5.56 Å². The van der Waals surface area contributed by atoms with Gasteiger partial charge in [0.2, 0.25) is 5.91 Å². The third kappa shape index (κ3) is 4.05. The van der Waals surface area contributed by atoms with Crippen molar-refractivity contribution in [2.45, 2.75) is 51.0 Å². The number of carbonyl (C=O) groups is 1. The molecule has 122 valence electrons. The van der Waals surface area contributed by atoms with Gasteiger partial charge >= 0.3 is 5.69 Å². The third-order valence-corrected chi connectivity index (χ3v) is 3.62. The second kappa shape index (κ2) is 7.37. The smallest absolute Gasteiger partial charge is 0.330 e. The summed E-state index contributed by atoms with van der Waals surface area (Å²) in [7, 11) is 0. The first-order chi connectivity index (χ1) is 10.5. The molecular formula is C14H21N3O5. The highest BCUT2D eigenvalue weighted by atomic mass is 16.5. The molecule has 3 unspecified atom stereocenters. The number of nitrogens with one attached hydrogen (secondary N) is 2. The lowest BCUT2D eigenvalue weighted by atomic mass is 10.1. The normalized spacial score (nSPS) is 24.4. The van der Waals surface area contributed by atoms with Crippen LogP contribution in [0.3, 0.4) is 0 Å². The van der Waals surface area contributed by atoms with Gasteiger partial charge in [-0.05, 0) is 6.42 Å². The molecule has 3 atom stereocenters. The van der Waals surface area contributed by atoms with Gasteiger partial charge in [0.15, 0.2) is 0 Å². The molecule has 0 spiro atoms. The molecule has 0 aromatic carbocycles. The van der Waals surface area contributed by atoms with Crippen LogP contribution in [0.4, 0.5) is 0 Å². The maximum Gasteiger partial charge on any atom is 0.330 e. The second-order valence-corrected chi connectivity index (χ2v) is 5.36. The Labute approximate surface area is 127 Å². The number of aromatic amines is 1. The molecule has 0 saturated carbocycles. The number of ether oxygens (including phenoxy) is 1. The zero-order chi connectivity index (χ0) is 16.1. The van der Waals surface area contributed by atoms with E-state index in [-0.39, 0.29) is 18.9 Å². The highest BCUT2D eigenvalue weighted by Crippen LogP contribution is 2.26. The molecule has 1 amide bonds. The van der Waals surface area contributed by atoms with Crippen molar-refractivity contribution in [1.29, 1.82) is 0 Å². The van der Waals surface area contributed by atoms with E-state index in [4.69, 9.17) is 4.74 Å². The van der Waals surface area contributed by atoms with Crippen molar-refractivity contribution in [2.75, 3.05) is 6.54 Å². The highest BCUT2D eigenvalue weighted by Gasteiger charge is 2.35. The third-order valence-electron chi connectivity index (χ3n) is 3.62. The molecule has 1 aromatic rings. The first-order valence-corrected chi connectivity index (χ1v) is 7.43. The summed E-state index contributed by atoms with van der Waals surface area (Å²) in [6.45, 7) is 2.20. The van der Waals surface area contributed by atoms with Gasteiger partial charge in [-0.3, -0.25) is 19.1 Å². The molecule has 1 saturated heterocycles. The van der Waals surface area contributed by atoms with Crippen LogP contribution in [-0.4, -0.2) is 39.3 Å². The van der Waals surface area contributed by atoms with Crippen LogP contribution in [0.25, 0.3) is 0 Å². The van der Waals surface area contributed by atoms with Crippen molar-refractivity contribution in [1.82, 2.24) is 14.9 Å². The summed E-state index contributed by atoms with van der Waals surface area (Å²) < 4.78 is 6.84. The summed E-state index contributed by atoms with van der Waals surface area (Å²) in [6, 6.07) is 1.22. The Kier molecular flexibility index (Phi) is 5.51. The highest BCUT2D eigenvalue weighted by molar-refractivity contribution is 5.75. The van der Waals surface area contributed by atoms with Crippen LogP contribution in [0.1, 0.15) is 38.8 Å². The molecule has 1 aliphatic rings. The lowest BCUT2D eigenvalue weighted by molar-refractivity contribution is -0.122. The molecule has 8 heteroatoms. The Morgan fingerprint density at radius 2 is 2.32 bits per heavy atom. The van der Waals surface area contributed by atoms with Crippen molar-refractivity contribution >= 4 is 5.91 Å². The van der Waals surface area contributed by atoms with Crippen LogP contribution in [0.5, 0.6) is 0 Å². The van der Waals surface area contributed by atoms with E-state index in [2.05, 4.69) is 10.3 Å². The van der Waals surface area contributed by atoms with Crippen LogP contribution in [0.2, 0.25) is 0 Å². The fourth-order valence-electron chi connectivity index (χ4n) is 2.36. The lowest BCUT2D eigenvalue weighted by Crippen LogP contribution is -2.37. The summed E-state index contributed by atoms with van der Waals surface area (Å²) >= 11 is 0. The number of carbonyl (C=O) groups excluding carboxylic acids is 1. The van der Waals surface area contributed by atoms with Gasteiger partial charge in [-0.25, -0.2) is 4.79 Å². The number of aliphatic hydroxyl groups is 1. The Hall–Kier alpha value is -1.93. The van der Waals surface area contributed by atoms with E-state index in [0.717, 1.165) is 12.8 Å². The predicted molar refractivity (Wildman–Crippen MR) is 78.4 cm³/mol. The maximum atomic E-state index is 11.7. The number of rotatable bonds is 6. The molecule has 0 aliphatic carbocycles. The number of amides is 1. The Morgan fingerprint density at radius 1 is 1.55 bits per heavy atom. The van der Waals surface area contributed by atoms with Crippen molar-refractivity contribution in [3.05, 3.63) is 33.1 Å². The number of aromatic nitrogens is 2. The predicted octanol–water partition coefficient (Wildman–Crippen LogP) is -0.509. The van der Waals surface area contributed by atoms with Crippen LogP contribution in [0, 0.1) is 0 Å². The molecule has 2 heterocycles. The molecule has 8 nitrogen and oxygen atoms in total. The van der Waals surface area contributed by atoms with Crippen LogP contribution >= 0.6 is 0 Å². The molecular weight excluding hydrogens is 290 g/mol. The second-order valence-electron chi connectivity index (χ2n) is 5.36. The SMILES string of the molecule is CCCCC(=O)NCC1OC(n2ccc(=O)[nH]c2=O)CC1O. The molecule has 0 radical (unpaired) electrons. The molecule has 1 aliphatic heterocycles. The van der Waals surface area contributed by atoms with Crippen molar-refractivity contribution < 1.29 is 14.6 Å². The van der Waals surface area contributed by atoms with Crippen LogP contribution in [0.15, 0.2) is 21.9 Å². The molecule has 1 fully saturated rings. The summed E-state index contributed by atoms with van der Waals surface area (Å²) in [6.07, 6.45) is 1.74. The average molecular weight is 311 g/mol. The average Bonchev–Trinajstić information content (AvgIpc) is 2.83. The standard InChI is InChI=1S/C14H21N3O5/c1-2-3-4-11(19)15-8-10-9(18)7-13(22-10)17-6-5-12(20)16-14(17)21/h5-6,9-10,13,18H,2-4,7-8H2,1H3,(H,15,19)(H,16,20,21). The number of hydrogen-bond donors (Lipinski definition) is 3. The molecule has 3 N–H and O–H groups in total. The van der Waals surface area contributed by atoms with Crippen LogP contribution in [-0.2, 0) is 9.53 Å². The number of nitrogens with zero attached hydrogens (tertiary/aromatic N) is 1. The summed E-state index contributed by atoms with van der Waals surface area (Å²) in [4.78, 5) is 36.4. The molecule has 0 bridgehead atoms. The number of hydrogen-bond acceptors (Lipinski definition) is 5. The van der Waals surface area contributed by atoms with Crippen molar-refractivity contribution in [2.24, 2.45) is 0 Å². The molecule has 22 heavy (non-hydrogen) atoms. The number of H-pyrrole nitrogens is 1. The van der Waals surface area contributed by atoms with Crippen molar-refractivity contribution in [3.63, 3.8) is 0 Å². The zero-order valence-electron chi connectivity index (χ0n) is 12.4. The number of unbranched alkanes of at least 4 members (excludes halogenated alkanes) is 1. The van der Waals surface area contributed by atoms with E-state index in [1.54, 1.807) is 0 Å².